The first kappa shape index (κ1) is 56.9. The Labute approximate surface area is 451 Å². The molecule has 5 amide bonds. The van der Waals surface area contributed by atoms with E-state index >= 15 is 8.78 Å². The number of aryl methyl sites for hydroxylation is 1. The van der Waals surface area contributed by atoms with Crippen molar-refractivity contribution < 1.29 is 47.0 Å². The van der Waals surface area contributed by atoms with Gasteiger partial charge in [0.2, 0.25) is 11.8 Å². The number of nitrogens with zero attached hydrogens (tertiary/aromatic N) is 7. The lowest BCUT2D eigenvalue weighted by Gasteiger charge is -2.40. The topological polar surface area (TPSA) is 171 Å². The van der Waals surface area contributed by atoms with Crippen LogP contribution < -0.4 is 10.7 Å². The SMILES string of the molecule is CCn1c(-c2cccnc2[C@H](C)OC)c2c3cc(ccc31)-c1cc(cc(C(F)F)c1)C[C@H](NC(=O)[C@H](C(C)C)N(C)C(=O)N1CC[C@]3(CN(C(=O)/C=C/CN(C)C)CCO3)C1)C(=O)N1CCC[C@H](N1)C(=O)OCC(C)(C)C2. The van der Waals surface area contributed by atoms with Crippen molar-refractivity contribution in [1.82, 2.24) is 44.9 Å². The number of urea groups is 1. The third-order valence-electron chi connectivity index (χ3n) is 15.5. The average Bonchev–Trinajstić information content (AvgIpc) is 4.01. The van der Waals surface area contributed by atoms with E-state index in [-0.39, 0.29) is 43.7 Å². The summed E-state index contributed by atoms with van der Waals surface area (Å²) in [7, 11) is 7.04. The van der Waals surface area contributed by atoms with Crippen LogP contribution in [0.25, 0.3) is 33.3 Å². The molecule has 77 heavy (non-hydrogen) atoms. The van der Waals surface area contributed by atoms with E-state index in [1.807, 2.05) is 76.2 Å². The Morgan fingerprint density at radius 3 is 2.48 bits per heavy atom. The average molecular weight is 1070 g/mol. The second-order valence-corrected chi connectivity index (χ2v) is 22.6. The number of halogens is 2. The van der Waals surface area contributed by atoms with Crippen molar-refractivity contribution in [3.8, 4) is 22.4 Å². The molecular formula is C58H77F2N9O8. The van der Waals surface area contributed by atoms with Gasteiger partial charge in [0.05, 0.1) is 43.8 Å². The number of fused-ring (bicyclic) bond motifs is 6. The molecule has 0 aliphatic carbocycles. The number of carbonyl (C=O) groups is 5. The van der Waals surface area contributed by atoms with E-state index in [1.54, 1.807) is 56.1 Å². The third kappa shape index (κ3) is 12.5. The molecule has 17 nitrogen and oxygen atoms in total. The zero-order chi connectivity index (χ0) is 55.5. The van der Waals surface area contributed by atoms with Crippen LogP contribution in [0.5, 0.6) is 0 Å². The van der Waals surface area contributed by atoms with E-state index in [2.05, 4.69) is 22.2 Å². The van der Waals surface area contributed by atoms with Crippen LogP contribution in [0, 0.1) is 11.3 Å². The fourth-order valence-corrected chi connectivity index (χ4v) is 11.5. The number of cyclic esters (lactones) is 1. The van der Waals surface area contributed by atoms with Crippen molar-refractivity contribution in [3.63, 3.8) is 0 Å². The molecule has 416 valence electrons. The minimum absolute atomic E-state index is 0.0456. The zero-order valence-corrected chi connectivity index (χ0v) is 46.4. The van der Waals surface area contributed by atoms with Crippen molar-refractivity contribution in [2.45, 2.75) is 116 Å². The van der Waals surface area contributed by atoms with Gasteiger partial charge in [0.15, 0.2) is 0 Å². The van der Waals surface area contributed by atoms with Crippen molar-refractivity contribution in [2.24, 2.45) is 11.3 Å². The van der Waals surface area contributed by atoms with E-state index in [4.69, 9.17) is 19.2 Å². The summed E-state index contributed by atoms with van der Waals surface area (Å²) in [4.78, 5) is 83.0. The van der Waals surface area contributed by atoms with Crippen molar-refractivity contribution in [3.05, 3.63) is 89.3 Å². The van der Waals surface area contributed by atoms with Gasteiger partial charge in [0, 0.05) is 93.0 Å². The van der Waals surface area contributed by atoms with Gasteiger partial charge in [-0.25, -0.2) is 19.0 Å². The fourth-order valence-electron chi connectivity index (χ4n) is 11.5. The number of likely N-dealkylation sites (tertiary alicyclic amines) is 1. The molecule has 0 radical (unpaired) electrons. The second kappa shape index (κ2) is 23.8. The van der Waals surface area contributed by atoms with E-state index in [1.165, 1.54) is 22.0 Å². The van der Waals surface area contributed by atoms with Gasteiger partial charge < -0.3 is 43.7 Å². The highest BCUT2D eigenvalue weighted by atomic mass is 19.3. The highest BCUT2D eigenvalue weighted by molar-refractivity contribution is 5.96. The smallest absolute Gasteiger partial charge is 0.324 e. The van der Waals surface area contributed by atoms with E-state index in [0.717, 1.165) is 33.4 Å². The molecule has 2 aromatic heterocycles. The summed E-state index contributed by atoms with van der Waals surface area (Å²) in [5, 5.41) is 5.17. The largest absolute Gasteiger partial charge is 0.464 e. The maximum atomic E-state index is 15.1. The number of amides is 5. The summed E-state index contributed by atoms with van der Waals surface area (Å²) in [6, 6.07) is 10.8. The van der Waals surface area contributed by atoms with Crippen LogP contribution >= 0.6 is 0 Å². The highest BCUT2D eigenvalue weighted by Crippen LogP contribution is 2.42. The summed E-state index contributed by atoms with van der Waals surface area (Å²) in [6.07, 6.45) is 3.50. The number of aromatic nitrogens is 2. The zero-order valence-electron chi connectivity index (χ0n) is 46.4. The van der Waals surface area contributed by atoms with Crippen LogP contribution in [0.15, 0.2) is 66.9 Å². The second-order valence-electron chi connectivity index (χ2n) is 22.6. The lowest BCUT2D eigenvalue weighted by Crippen LogP contribution is -2.62. The molecule has 4 aliphatic rings. The molecule has 3 fully saturated rings. The first-order chi connectivity index (χ1) is 36.6. The summed E-state index contributed by atoms with van der Waals surface area (Å²) >= 11 is 0. The molecule has 6 bridgehead atoms. The number of rotatable bonds is 12. The predicted octanol–water partition coefficient (Wildman–Crippen LogP) is 7.18. The Hall–Kier alpha value is -6.28. The standard InChI is InChI=1S/C58H77F2N9O8/c1-11-68-47-19-18-39-31-43(47)44(51(68)42-15-12-21-61-49(42)37(4)75-10)32-57(5,6)35-76-55(73)45-16-13-23-69(63-45)54(72)46(29-38-27-40(39)30-41(28-38)52(59)60)62-53(71)50(36(2)3)65(9)56(74)67-24-20-58(34-67)33-66(25-26-77-58)48(70)17-14-22-64(7)8/h12,14-15,17-19,21,27-28,30-31,36-37,45-46,50,52,63H,11,13,16,20,22-26,29,32-35H2,1-10H3,(H,62,71)/b17-14+/t37-,45-,46-,50-,58-/m0/s1. The summed E-state index contributed by atoms with van der Waals surface area (Å²) < 4.78 is 50.7. The van der Waals surface area contributed by atoms with Gasteiger partial charge in [-0.15, -0.1) is 0 Å². The molecule has 6 heterocycles. The number of carbonyl (C=O) groups excluding carboxylic acids is 5. The number of methoxy groups -OCH3 is 1. The number of hydrogen-bond donors (Lipinski definition) is 2. The van der Waals surface area contributed by atoms with Crippen molar-refractivity contribution >= 4 is 40.6 Å². The molecule has 8 rings (SSSR count). The quantitative estimate of drug-likeness (QED) is 0.109. The first-order valence-electron chi connectivity index (χ1n) is 27.0. The van der Waals surface area contributed by atoms with Gasteiger partial charge in [-0.1, -0.05) is 52.0 Å². The maximum Gasteiger partial charge on any atom is 0.324 e. The van der Waals surface area contributed by atoms with E-state index < -0.39 is 65.3 Å². The molecule has 4 aliphatic heterocycles. The van der Waals surface area contributed by atoms with Crippen LogP contribution in [0.4, 0.5) is 13.6 Å². The molecule has 4 aromatic rings. The number of esters is 1. The van der Waals surface area contributed by atoms with Crippen LogP contribution in [-0.4, -0.2) is 168 Å². The minimum Gasteiger partial charge on any atom is -0.464 e. The number of morpholine rings is 1. The Morgan fingerprint density at radius 2 is 1.77 bits per heavy atom. The Balaban J connectivity index is 1.14. The molecule has 2 aromatic carbocycles. The van der Waals surface area contributed by atoms with Gasteiger partial charge in [-0.05, 0) is 112 Å². The van der Waals surface area contributed by atoms with E-state index in [9.17, 15) is 24.0 Å². The molecule has 5 atom stereocenters. The van der Waals surface area contributed by atoms with Gasteiger partial charge in [0.1, 0.15) is 23.7 Å². The van der Waals surface area contributed by atoms with E-state index in [0.29, 0.717) is 81.7 Å². The number of ether oxygens (including phenoxy) is 3. The lowest BCUT2D eigenvalue weighted by molar-refractivity contribution is -0.155. The fraction of sp³-hybridized carbons (Fsp3) is 0.552. The highest BCUT2D eigenvalue weighted by Gasteiger charge is 2.47. The minimum atomic E-state index is -2.87. The number of benzene rings is 2. The van der Waals surface area contributed by atoms with Gasteiger partial charge in [-0.2, -0.15) is 0 Å². The maximum absolute atomic E-state index is 15.1. The van der Waals surface area contributed by atoms with Crippen LogP contribution in [0.1, 0.15) is 95.7 Å². The van der Waals surface area contributed by atoms with Crippen molar-refractivity contribution in [2.75, 3.05) is 80.7 Å². The Bertz CT molecular complexity index is 2870. The number of pyridine rings is 1. The predicted molar refractivity (Wildman–Crippen MR) is 290 cm³/mol. The summed E-state index contributed by atoms with van der Waals surface area (Å²) in [6.45, 7) is 14.7. The van der Waals surface area contributed by atoms with Crippen molar-refractivity contribution in [1.29, 1.82) is 0 Å². The molecular weight excluding hydrogens is 989 g/mol. The number of alkyl halides is 2. The number of hydrazine groups is 1. The van der Waals surface area contributed by atoms with Gasteiger partial charge in [0.25, 0.3) is 12.3 Å². The Morgan fingerprint density at radius 1 is 1.00 bits per heavy atom. The molecule has 2 N–H and O–H groups in total. The van der Waals surface area contributed by atoms with Gasteiger partial charge >= 0.3 is 12.0 Å². The number of likely N-dealkylation sites (N-methyl/N-ethyl adjacent to an activating group) is 2. The van der Waals surface area contributed by atoms with Crippen LogP contribution in [0.2, 0.25) is 0 Å². The number of hydrogen-bond acceptors (Lipinski definition) is 11. The summed E-state index contributed by atoms with van der Waals surface area (Å²) in [5.41, 5.74) is 7.44. The Kier molecular flexibility index (Phi) is 17.6. The van der Waals surface area contributed by atoms with Crippen LogP contribution in [-0.2, 0) is 52.8 Å². The lowest BCUT2D eigenvalue weighted by atomic mass is 9.84. The molecule has 0 saturated carbocycles. The third-order valence-corrected chi connectivity index (χ3v) is 15.5. The molecule has 1 spiro atoms. The number of nitrogens with one attached hydrogen (secondary N) is 2. The molecule has 3 saturated heterocycles. The molecule has 19 heteroatoms. The molecule has 0 unspecified atom stereocenters. The normalized spacial score (nSPS) is 22.0. The van der Waals surface area contributed by atoms with Gasteiger partial charge in [-0.3, -0.25) is 29.2 Å². The summed E-state index contributed by atoms with van der Waals surface area (Å²) in [5.74, 6) is -2.30. The monoisotopic (exact) mass is 1070 g/mol. The van der Waals surface area contributed by atoms with Crippen LogP contribution in [0.3, 0.4) is 0 Å². The first-order valence-corrected chi connectivity index (χ1v) is 27.0.